The fourth-order valence-electron chi connectivity index (χ4n) is 6.91. The van der Waals surface area contributed by atoms with Crippen molar-refractivity contribution in [3.8, 4) is 0 Å². The first-order valence-corrected chi connectivity index (χ1v) is 26.5. The van der Waals surface area contributed by atoms with E-state index < -0.39 is 51.1 Å². The van der Waals surface area contributed by atoms with Crippen molar-refractivity contribution in [2.45, 2.75) is 244 Å². The van der Waals surface area contributed by atoms with Crippen LogP contribution in [0.5, 0.6) is 0 Å². The van der Waals surface area contributed by atoms with E-state index in [0.29, 0.717) is 12.8 Å². The fourth-order valence-corrected chi connectivity index (χ4v) is 7.69. The van der Waals surface area contributed by atoms with E-state index in [1.54, 1.807) is 0 Å². The van der Waals surface area contributed by atoms with Gasteiger partial charge in [-0.25, -0.2) is 4.57 Å². The molecule has 0 aromatic heterocycles. The lowest BCUT2D eigenvalue weighted by Gasteiger charge is -2.20. The number of rotatable bonds is 47. The van der Waals surface area contributed by atoms with Gasteiger partial charge in [-0.2, -0.15) is 0 Å². The summed E-state index contributed by atoms with van der Waals surface area (Å²) in [6.07, 6.45) is 50.5. The van der Waals surface area contributed by atoms with Crippen LogP contribution >= 0.6 is 7.82 Å². The van der Waals surface area contributed by atoms with Gasteiger partial charge in [0.05, 0.1) is 13.2 Å². The van der Waals surface area contributed by atoms with Crippen LogP contribution in [0.2, 0.25) is 0 Å². The molecule has 0 aliphatic heterocycles. The molecule has 0 rings (SSSR count). The summed E-state index contributed by atoms with van der Waals surface area (Å²) in [4.78, 5) is 46.2. The minimum atomic E-state index is -4.72. The zero-order chi connectivity index (χ0) is 45.6. The number of hydrogen-bond donors (Lipinski definition) is 3. The molecule has 4 N–H and O–H groups in total. The topological polar surface area (TPSA) is 172 Å². The van der Waals surface area contributed by atoms with Crippen LogP contribution in [0.4, 0.5) is 0 Å². The van der Waals surface area contributed by atoms with Gasteiger partial charge in [0.25, 0.3) is 0 Å². The van der Waals surface area contributed by atoms with Gasteiger partial charge in [-0.1, -0.05) is 185 Å². The van der Waals surface area contributed by atoms with Crippen LogP contribution in [-0.2, 0) is 37.5 Å². The number of carbonyl (C=O) groups excluding carboxylic acids is 2. The largest absolute Gasteiger partial charge is 0.480 e. The van der Waals surface area contributed by atoms with Gasteiger partial charge in [-0.15, -0.1) is 0 Å². The maximum atomic E-state index is 12.7. The molecule has 0 radical (unpaired) electrons. The Labute approximate surface area is 378 Å². The van der Waals surface area contributed by atoms with Crippen LogP contribution in [0.25, 0.3) is 0 Å². The number of carboxylic acid groups (broad SMARTS) is 1. The van der Waals surface area contributed by atoms with Crippen molar-refractivity contribution < 1.29 is 47.5 Å². The molecular weight excluding hydrogens is 806 g/mol. The summed E-state index contributed by atoms with van der Waals surface area (Å²) in [5.41, 5.74) is 5.35. The minimum Gasteiger partial charge on any atom is -0.480 e. The van der Waals surface area contributed by atoms with Gasteiger partial charge in [0, 0.05) is 12.8 Å². The zero-order valence-corrected chi connectivity index (χ0v) is 40.4. The molecule has 0 heterocycles. The second-order valence-corrected chi connectivity index (χ2v) is 18.4. The van der Waals surface area contributed by atoms with Gasteiger partial charge in [0.2, 0.25) is 0 Å². The van der Waals surface area contributed by atoms with Crippen molar-refractivity contribution in [2.75, 3.05) is 19.8 Å². The number of aliphatic carboxylic acids is 1. The van der Waals surface area contributed by atoms with Crippen molar-refractivity contribution >= 4 is 25.7 Å². The average Bonchev–Trinajstić information content (AvgIpc) is 3.25. The molecule has 11 nitrogen and oxygen atoms in total. The minimum absolute atomic E-state index is 0.157. The number of unbranched alkanes of at least 4 members (excludes halogenated alkanes) is 27. The number of carboxylic acids is 1. The number of hydrogen-bond acceptors (Lipinski definition) is 9. The van der Waals surface area contributed by atoms with Gasteiger partial charge in [-0.3, -0.25) is 23.4 Å². The molecule has 362 valence electrons. The Morgan fingerprint density at radius 1 is 0.500 bits per heavy atom. The molecule has 0 aliphatic rings. The van der Waals surface area contributed by atoms with Gasteiger partial charge in [0.1, 0.15) is 12.6 Å². The monoisotopic (exact) mass is 898 g/mol. The first-order chi connectivity index (χ1) is 30.1. The van der Waals surface area contributed by atoms with E-state index in [1.165, 1.54) is 141 Å². The molecular formula is C50H92NO10P. The maximum Gasteiger partial charge on any atom is 0.472 e. The second kappa shape index (κ2) is 45.3. The zero-order valence-electron chi connectivity index (χ0n) is 39.5. The highest BCUT2D eigenvalue weighted by molar-refractivity contribution is 7.47. The Bertz CT molecular complexity index is 1190. The third-order valence-electron chi connectivity index (χ3n) is 10.9. The maximum absolute atomic E-state index is 12.7. The summed E-state index contributed by atoms with van der Waals surface area (Å²) < 4.78 is 32.8. The highest BCUT2D eigenvalue weighted by Crippen LogP contribution is 2.43. The van der Waals surface area contributed by atoms with Crippen LogP contribution in [0.3, 0.4) is 0 Å². The van der Waals surface area contributed by atoms with Gasteiger partial charge in [0.15, 0.2) is 6.10 Å². The van der Waals surface area contributed by atoms with Gasteiger partial charge in [-0.05, 0) is 70.6 Å². The Morgan fingerprint density at radius 3 is 1.31 bits per heavy atom. The van der Waals surface area contributed by atoms with E-state index in [2.05, 4.69) is 54.8 Å². The van der Waals surface area contributed by atoms with E-state index in [4.69, 9.17) is 24.8 Å². The summed E-state index contributed by atoms with van der Waals surface area (Å²) >= 11 is 0. The molecule has 0 bridgehead atoms. The fraction of sp³-hybridized carbons (Fsp3) is 0.820. The molecule has 0 aromatic carbocycles. The van der Waals surface area contributed by atoms with Crippen molar-refractivity contribution in [3.63, 3.8) is 0 Å². The van der Waals surface area contributed by atoms with Crippen molar-refractivity contribution in [1.29, 1.82) is 0 Å². The first kappa shape index (κ1) is 59.7. The van der Waals surface area contributed by atoms with Crippen molar-refractivity contribution in [1.82, 2.24) is 0 Å². The van der Waals surface area contributed by atoms with E-state index in [9.17, 15) is 23.8 Å². The van der Waals surface area contributed by atoms with Crippen molar-refractivity contribution in [3.05, 3.63) is 36.5 Å². The van der Waals surface area contributed by atoms with E-state index in [0.717, 1.165) is 51.4 Å². The number of ether oxygens (including phenoxy) is 2. The molecule has 0 saturated heterocycles. The van der Waals surface area contributed by atoms with Gasteiger partial charge < -0.3 is 25.2 Å². The van der Waals surface area contributed by atoms with Crippen LogP contribution < -0.4 is 5.73 Å². The quantitative estimate of drug-likeness (QED) is 0.0230. The summed E-state index contributed by atoms with van der Waals surface area (Å²) in [6, 6.07) is -1.52. The van der Waals surface area contributed by atoms with E-state index >= 15 is 0 Å². The van der Waals surface area contributed by atoms with Crippen LogP contribution in [-0.4, -0.2) is 59.9 Å². The molecule has 1 unspecified atom stereocenters. The Balaban J connectivity index is 4.26. The Hall–Kier alpha value is -2.30. The summed E-state index contributed by atoms with van der Waals surface area (Å²) in [7, 11) is -4.72. The molecule has 12 heteroatoms. The Kier molecular flexibility index (Phi) is 43.6. The SMILES string of the molecule is CCCCC/C=C/C/C=C/CCCCCCCCCCCC(=O)O[C@H](COC(=O)CCCCCCCCCCC/C=C/CCCCCCCC)COP(=O)(O)OC[C@H](N)C(=O)O. The number of allylic oxidation sites excluding steroid dienone is 6. The molecule has 3 atom stereocenters. The number of nitrogens with two attached hydrogens (primary N) is 1. The lowest BCUT2D eigenvalue weighted by molar-refractivity contribution is -0.161. The number of phosphoric acid groups is 1. The summed E-state index contributed by atoms with van der Waals surface area (Å²) in [5.74, 6) is -2.38. The third kappa shape index (κ3) is 44.3. The third-order valence-corrected chi connectivity index (χ3v) is 11.8. The second-order valence-electron chi connectivity index (χ2n) is 16.9. The predicted molar refractivity (Wildman–Crippen MR) is 254 cm³/mol. The Morgan fingerprint density at radius 2 is 0.855 bits per heavy atom. The van der Waals surface area contributed by atoms with Gasteiger partial charge >= 0.3 is 25.7 Å². The van der Waals surface area contributed by atoms with E-state index in [-0.39, 0.29) is 19.4 Å². The first-order valence-electron chi connectivity index (χ1n) is 25.0. The predicted octanol–water partition coefficient (Wildman–Crippen LogP) is 14.0. The molecule has 62 heavy (non-hydrogen) atoms. The molecule has 0 aliphatic carbocycles. The van der Waals surface area contributed by atoms with E-state index in [1.807, 2.05) is 0 Å². The summed E-state index contributed by atoms with van der Waals surface area (Å²) in [6.45, 7) is 2.80. The molecule has 0 aromatic rings. The molecule has 0 fully saturated rings. The normalized spacial score (nSPS) is 13.9. The smallest absolute Gasteiger partial charge is 0.472 e. The highest BCUT2D eigenvalue weighted by Gasteiger charge is 2.28. The lowest BCUT2D eigenvalue weighted by atomic mass is 10.1. The van der Waals surface area contributed by atoms with Crippen molar-refractivity contribution in [2.24, 2.45) is 5.73 Å². The van der Waals surface area contributed by atoms with Crippen LogP contribution in [0.15, 0.2) is 36.5 Å². The number of phosphoric ester groups is 1. The molecule has 0 amide bonds. The summed E-state index contributed by atoms with van der Waals surface area (Å²) in [5, 5.41) is 8.92. The van der Waals surface area contributed by atoms with Crippen LogP contribution in [0, 0.1) is 0 Å². The average molecular weight is 898 g/mol. The molecule has 0 saturated carbocycles. The highest BCUT2D eigenvalue weighted by atomic mass is 31.2. The van der Waals surface area contributed by atoms with Crippen LogP contribution in [0.1, 0.15) is 232 Å². The standard InChI is InChI=1S/C50H92NO10P/c1-3-5-7-9-11-13-15-17-19-21-23-25-27-29-31-33-35-37-39-41-48(52)58-43-46(44-59-62(56,57)60-45-47(51)50(54)55)61-49(53)42-40-38-36-34-32-30-28-26-24-22-20-18-16-14-12-10-8-6-4-2/h12,14,17-20,46-47H,3-11,13,15-16,21-45,51H2,1-2H3,(H,54,55)(H,56,57)/b14-12+,19-17+,20-18+/t46-,47+/m1/s1. The number of esters is 2. The lowest BCUT2D eigenvalue weighted by Crippen LogP contribution is -2.34. The number of carbonyl (C=O) groups is 3. The molecule has 0 spiro atoms.